The number of hydrogen-bond acceptors (Lipinski definition) is 2. The second kappa shape index (κ2) is 8.04. The first-order valence-electron chi connectivity index (χ1n) is 8.06. The van der Waals surface area contributed by atoms with Crippen LogP contribution in [-0.4, -0.2) is 0 Å². The number of anilines is 1. The fourth-order valence-corrected chi connectivity index (χ4v) is 2.54. The van der Waals surface area contributed by atoms with Crippen molar-refractivity contribution >= 4 is 17.3 Å². The summed E-state index contributed by atoms with van der Waals surface area (Å²) in [5, 5.41) is 4.11. The first-order valence-corrected chi connectivity index (χ1v) is 8.44. The van der Waals surface area contributed by atoms with Gasteiger partial charge in [-0.15, -0.1) is 0 Å². The monoisotopic (exact) mass is 355 g/mol. The highest BCUT2D eigenvalue weighted by molar-refractivity contribution is 6.31. The Kier molecular flexibility index (Phi) is 5.56. The van der Waals surface area contributed by atoms with E-state index in [-0.39, 0.29) is 5.82 Å². The van der Waals surface area contributed by atoms with Crippen LogP contribution in [0.15, 0.2) is 66.7 Å². The van der Waals surface area contributed by atoms with Crippen LogP contribution >= 0.6 is 11.6 Å². The first kappa shape index (κ1) is 17.3. The molecule has 0 aliphatic rings. The summed E-state index contributed by atoms with van der Waals surface area (Å²) >= 11 is 6.13. The molecule has 0 atom stereocenters. The molecule has 3 rings (SSSR count). The van der Waals surface area contributed by atoms with Crippen LogP contribution < -0.4 is 10.1 Å². The van der Waals surface area contributed by atoms with E-state index in [4.69, 9.17) is 16.3 Å². The molecule has 25 heavy (non-hydrogen) atoms. The van der Waals surface area contributed by atoms with E-state index in [0.29, 0.717) is 13.2 Å². The Morgan fingerprint density at radius 3 is 2.28 bits per heavy atom. The van der Waals surface area contributed by atoms with Gasteiger partial charge >= 0.3 is 0 Å². The van der Waals surface area contributed by atoms with Crippen LogP contribution in [0, 0.1) is 12.7 Å². The van der Waals surface area contributed by atoms with E-state index in [2.05, 4.69) is 5.32 Å². The van der Waals surface area contributed by atoms with Gasteiger partial charge in [0.2, 0.25) is 0 Å². The van der Waals surface area contributed by atoms with Crippen LogP contribution in [0.3, 0.4) is 0 Å². The van der Waals surface area contributed by atoms with Gasteiger partial charge in [-0.3, -0.25) is 0 Å². The number of aryl methyl sites for hydroxylation is 1. The maximum absolute atomic E-state index is 12.9. The Morgan fingerprint density at radius 1 is 0.920 bits per heavy atom. The molecule has 1 N–H and O–H groups in total. The van der Waals surface area contributed by atoms with Gasteiger partial charge in [0, 0.05) is 17.3 Å². The normalized spacial score (nSPS) is 10.5. The first-order chi connectivity index (χ1) is 12.1. The minimum atomic E-state index is -0.240. The van der Waals surface area contributed by atoms with Crippen molar-refractivity contribution in [3.63, 3.8) is 0 Å². The molecule has 128 valence electrons. The van der Waals surface area contributed by atoms with Crippen molar-refractivity contribution in [1.29, 1.82) is 0 Å². The summed E-state index contributed by atoms with van der Waals surface area (Å²) in [5.41, 5.74) is 4.14. The molecule has 4 heteroatoms. The summed E-state index contributed by atoms with van der Waals surface area (Å²) in [4.78, 5) is 0. The van der Waals surface area contributed by atoms with E-state index >= 15 is 0 Å². The molecular weight excluding hydrogens is 337 g/mol. The largest absolute Gasteiger partial charge is 0.489 e. The topological polar surface area (TPSA) is 21.3 Å². The van der Waals surface area contributed by atoms with Crippen molar-refractivity contribution in [3.8, 4) is 5.75 Å². The van der Waals surface area contributed by atoms with E-state index in [1.54, 1.807) is 12.1 Å². The Hall–Kier alpha value is -2.52. The van der Waals surface area contributed by atoms with Gasteiger partial charge in [-0.05, 0) is 60.0 Å². The van der Waals surface area contributed by atoms with Gasteiger partial charge in [0.25, 0.3) is 0 Å². The lowest BCUT2D eigenvalue weighted by molar-refractivity contribution is 0.306. The van der Waals surface area contributed by atoms with Crippen molar-refractivity contribution in [1.82, 2.24) is 0 Å². The van der Waals surface area contributed by atoms with Gasteiger partial charge in [-0.25, -0.2) is 4.39 Å². The maximum Gasteiger partial charge on any atom is 0.123 e. The van der Waals surface area contributed by atoms with Gasteiger partial charge in [-0.1, -0.05) is 41.9 Å². The molecule has 0 spiro atoms. The molecule has 2 nitrogen and oxygen atoms in total. The fraction of sp³-hybridized carbons (Fsp3) is 0.143. The van der Waals surface area contributed by atoms with E-state index in [1.165, 1.54) is 12.1 Å². The molecule has 0 fully saturated rings. The van der Waals surface area contributed by atoms with Crippen molar-refractivity contribution in [2.45, 2.75) is 20.1 Å². The van der Waals surface area contributed by atoms with Gasteiger partial charge < -0.3 is 10.1 Å². The molecule has 0 unspecified atom stereocenters. The SMILES string of the molecule is Cc1ccc(NCc2ccc(OCc3ccc(F)cc3)cc2)cc1Cl. The number of nitrogens with one attached hydrogen (secondary N) is 1. The van der Waals surface area contributed by atoms with Crippen LogP contribution in [0.5, 0.6) is 5.75 Å². The summed E-state index contributed by atoms with van der Waals surface area (Å²) in [5.74, 6) is 0.543. The summed E-state index contributed by atoms with van der Waals surface area (Å²) in [6.45, 7) is 3.11. The molecule has 0 aliphatic carbocycles. The highest BCUT2D eigenvalue weighted by Gasteiger charge is 2.00. The molecule has 0 saturated carbocycles. The molecule has 0 aliphatic heterocycles. The fourth-order valence-electron chi connectivity index (χ4n) is 2.36. The zero-order valence-corrected chi connectivity index (χ0v) is 14.7. The Balaban J connectivity index is 1.53. The quantitative estimate of drug-likeness (QED) is 0.587. The van der Waals surface area contributed by atoms with E-state index in [1.807, 2.05) is 49.4 Å². The van der Waals surface area contributed by atoms with Crippen molar-refractivity contribution < 1.29 is 9.13 Å². The second-order valence-electron chi connectivity index (χ2n) is 5.88. The highest BCUT2D eigenvalue weighted by Crippen LogP contribution is 2.21. The smallest absolute Gasteiger partial charge is 0.123 e. The van der Waals surface area contributed by atoms with E-state index < -0.39 is 0 Å². The van der Waals surface area contributed by atoms with Crippen LogP contribution in [0.25, 0.3) is 0 Å². The summed E-state index contributed by atoms with van der Waals surface area (Å²) in [6, 6.07) is 20.2. The van der Waals surface area contributed by atoms with Gasteiger partial charge in [0.05, 0.1) is 0 Å². The highest BCUT2D eigenvalue weighted by atomic mass is 35.5. The van der Waals surface area contributed by atoms with Crippen LogP contribution in [0.4, 0.5) is 10.1 Å². The lowest BCUT2D eigenvalue weighted by Gasteiger charge is -2.10. The average molecular weight is 356 g/mol. The third kappa shape index (κ3) is 4.97. The van der Waals surface area contributed by atoms with Gasteiger partial charge in [0.1, 0.15) is 18.2 Å². The van der Waals surface area contributed by atoms with Crippen LogP contribution in [-0.2, 0) is 13.2 Å². The summed E-state index contributed by atoms with van der Waals surface area (Å²) in [6.07, 6.45) is 0. The Labute approximate surface area is 152 Å². The number of ether oxygens (including phenoxy) is 1. The summed E-state index contributed by atoms with van der Waals surface area (Å²) in [7, 11) is 0. The Morgan fingerprint density at radius 2 is 1.60 bits per heavy atom. The lowest BCUT2D eigenvalue weighted by Crippen LogP contribution is -2.00. The van der Waals surface area contributed by atoms with Gasteiger partial charge in [0.15, 0.2) is 0 Å². The number of rotatable bonds is 6. The zero-order valence-electron chi connectivity index (χ0n) is 13.9. The van der Waals surface area contributed by atoms with Crippen molar-refractivity contribution in [2.24, 2.45) is 0 Å². The van der Waals surface area contributed by atoms with Crippen molar-refractivity contribution in [2.75, 3.05) is 5.32 Å². The van der Waals surface area contributed by atoms with Crippen LogP contribution in [0.2, 0.25) is 5.02 Å². The lowest BCUT2D eigenvalue weighted by atomic mass is 10.2. The zero-order chi connectivity index (χ0) is 17.6. The molecule has 0 bridgehead atoms. The molecule has 0 aromatic heterocycles. The molecule has 0 saturated heterocycles. The van der Waals surface area contributed by atoms with Crippen LogP contribution in [0.1, 0.15) is 16.7 Å². The predicted molar refractivity (Wildman–Crippen MR) is 101 cm³/mol. The molecule has 3 aromatic carbocycles. The third-order valence-corrected chi connectivity index (χ3v) is 4.32. The number of benzene rings is 3. The minimum absolute atomic E-state index is 0.240. The van der Waals surface area contributed by atoms with Gasteiger partial charge in [-0.2, -0.15) is 0 Å². The molecule has 0 radical (unpaired) electrons. The van der Waals surface area contributed by atoms with E-state index in [9.17, 15) is 4.39 Å². The molecular formula is C21H19ClFNO. The average Bonchev–Trinajstić information content (AvgIpc) is 2.63. The minimum Gasteiger partial charge on any atom is -0.489 e. The summed E-state index contributed by atoms with van der Waals surface area (Å²) < 4.78 is 18.6. The maximum atomic E-state index is 12.9. The third-order valence-electron chi connectivity index (χ3n) is 3.91. The van der Waals surface area contributed by atoms with Crippen molar-refractivity contribution in [3.05, 3.63) is 94.3 Å². The Bertz CT molecular complexity index is 832. The second-order valence-corrected chi connectivity index (χ2v) is 6.28. The number of halogens is 2. The predicted octanol–water partition coefficient (Wildman–Crippen LogP) is 5.98. The number of hydrogen-bond donors (Lipinski definition) is 1. The molecule has 0 heterocycles. The molecule has 0 amide bonds. The molecule has 3 aromatic rings. The standard InChI is InChI=1S/C21H19ClFNO/c1-15-2-9-19(12-21(15)22)24-13-16-5-10-20(11-6-16)25-14-17-3-7-18(23)8-4-17/h2-12,24H,13-14H2,1H3. The van der Waals surface area contributed by atoms with E-state index in [0.717, 1.165) is 33.1 Å².